The highest BCUT2D eigenvalue weighted by molar-refractivity contribution is 5.80. The topological polar surface area (TPSA) is 66.6 Å². The highest BCUT2D eigenvalue weighted by atomic mass is 16.2. The Kier molecular flexibility index (Phi) is 4.58. The lowest BCUT2D eigenvalue weighted by Crippen LogP contribution is -2.38. The molecule has 1 unspecified atom stereocenters. The molecule has 5 heteroatoms. The van der Waals surface area contributed by atoms with Gasteiger partial charge >= 0.3 is 0 Å². The van der Waals surface area contributed by atoms with Gasteiger partial charge in [-0.2, -0.15) is 0 Å². The molecular formula is C13H23N3O2. The average molecular weight is 253 g/mol. The van der Waals surface area contributed by atoms with Crippen LogP contribution in [-0.2, 0) is 9.59 Å². The molecule has 5 nitrogen and oxygen atoms in total. The first-order valence-electron chi connectivity index (χ1n) is 6.96. The van der Waals surface area contributed by atoms with Crippen molar-refractivity contribution in [2.24, 2.45) is 11.7 Å². The number of nitrogens with two attached hydrogens (primary N) is 1. The number of carbonyl (C=O) groups excluding carboxylic acids is 2. The Morgan fingerprint density at radius 1 is 1.28 bits per heavy atom. The highest BCUT2D eigenvalue weighted by Gasteiger charge is 2.29. The molecule has 0 bridgehead atoms. The van der Waals surface area contributed by atoms with Crippen LogP contribution in [0.5, 0.6) is 0 Å². The van der Waals surface area contributed by atoms with E-state index >= 15 is 0 Å². The van der Waals surface area contributed by atoms with Crippen LogP contribution in [0.4, 0.5) is 0 Å². The zero-order valence-electron chi connectivity index (χ0n) is 10.9. The molecule has 2 N–H and O–H groups in total. The number of amides is 2. The number of hydrogen-bond acceptors (Lipinski definition) is 3. The van der Waals surface area contributed by atoms with Crippen LogP contribution in [0, 0.1) is 5.92 Å². The first kappa shape index (κ1) is 13.3. The van der Waals surface area contributed by atoms with Crippen molar-refractivity contribution in [3.05, 3.63) is 0 Å². The molecule has 102 valence electrons. The van der Waals surface area contributed by atoms with E-state index in [9.17, 15) is 9.59 Å². The Hall–Kier alpha value is -1.10. The fourth-order valence-corrected chi connectivity index (χ4v) is 2.76. The van der Waals surface area contributed by atoms with Gasteiger partial charge in [0.05, 0.1) is 0 Å². The van der Waals surface area contributed by atoms with Gasteiger partial charge in [0.25, 0.3) is 0 Å². The van der Waals surface area contributed by atoms with E-state index in [-0.39, 0.29) is 17.7 Å². The molecule has 0 aromatic heterocycles. The molecular weight excluding hydrogens is 230 g/mol. The molecule has 18 heavy (non-hydrogen) atoms. The SMILES string of the molecule is NCC1CC(=O)N(CCC(=O)N2CCCCC2)C1. The highest BCUT2D eigenvalue weighted by Crippen LogP contribution is 2.17. The van der Waals surface area contributed by atoms with Crippen molar-refractivity contribution in [3.63, 3.8) is 0 Å². The number of nitrogens with zero attached hydrogens (tertiary/aromatic N) is 2. The van der Waals surface area contributed by atoms with Crippen LogP contribution in [0.25, 0.3) is 0 Å². The van der Waals surface area contributed by atoms with E-state index in [0.717, 1.165) is 32.5 Å². The number of hydrogen-bond donors (Lipinski definition) is 1. The summed E-state index contributed by atoms with van der Waals surface area (Å²) in [5.41, 5.74) is 5.58. The van der Waals surface area contributed by atoms with Gasteiger partial charge in [-0.3, -0.25) is 9.59 Å². The number of carbonyl (C=O) groups is 2. The predicted molar refractivity (Wildman–Crippen MR) is 68.8 cm³/mol. The number of likely N-dealkylation sites (tertiary alicyclic amines) is 2. The Labute approximate surface area is 108 Å². The Morgan fingerprint density at radius 2 is 2.00 bits per heavy atom. The third-order valence-corrected chi connectivity index (χ3v) is 3.93. The maximum Gasteiger partial charge on any atom is 0.224 e. The summed E-state index contributed by atoms with van der Waals surface area (Å²) in [6.07, 6.45) is 4.47. The first-order valence-corrected chi connectivity index (χ1v) is 6.96. The Bertz CT molecular complexity index is 313. The zero-order valence-corrected chi connectivity index (χ0v) is 10.9. The summed E-state index contributed by atoms with van der Waals surface area (Å²) in [6, 6.07) is 0. The summed E-state index contributed by atoms with van der Waals surface area (Å²) in [5.74, 6) is 0.623. The lowest BCUT2D eigenvalue weighted by molar-refractivity contribution is -0.133. The van der Waals surface area contributed by atoms with Gasteiger partial charge in [0.15, 0.2) is 0 Å². The third kappa shape index (κ3) is 3.22. The molecule has 0 radical (unpaired) electrons. The molecule has 0 spiro atoms. The van der Waals surface area contributed by atoms with Crippen LogP contribution in [0.2, 0.25) is 0 Å². The van der Waals surface area contributed by atoms with Crippen molar-refractivity contribution in [1.29, 1.82) is 0 Å². The molecule has 2 rings (SSSR count). The summed E-state index contributed by atoms with van der Waals surface area (Å²) in [5, 5.41) is 0. The van der Waals surface area contributed by atoms with E-state index in [1.165, 1.54) is 6.42 Å². The molecule has 2 saturated heterocycles. The normalized spacial score (nSPS) is 24.7. The van der Waals surface area contributed by atoms with E-state index in [0.29, 0.717) is 25.9 Å². The fraction of sp³-hybridized carbons (Fsp3) is 0.846. The van der Waals surface area contributed by atoms with Crippen molar-refractivity contribution >= 4 is 11.8 Å². The van der Waals surface area contributed by atoms with Gasteiger partial charge < -0.3 is 15.5 Å². The minimum Gasteiger partial charge on any atom is -0.343 e. The van der Waals surface area contributed by atoms with E-state index in [1.807, 2.05) is 4.90 Å². The van der Waals surface area contributed by atoms with Crippen LogP contribution >= 0.6 is 0 Å². The zero-order chi connectivity index (χ0) is 13.0. The molecule has 0 aromatic rings. The predicted octanol–water partition coefficient (Wildman–Crippen LogP) is 0.196. The number of piperidine rings is 1. The van der Waals surface area contributed by atoms with E-state index in [2.05, 4.69) is 0 Å². The first-order chi connectivity index (χ1) is 8.70. The van der Waals surface area contributed by atoms with Crippen LogP contribution in [0.15, 0.2) is 0 Å². The molecule has 1 atom stereocenters. The second kappa shape index (κ2) is 6.18. The van der Waals surface area contributed by atoms with Gasteiger partial charge in [-0.15, -0.1) is 0 Å². The minimum absolute atomic E-state index is 0.150. The fourth-order valence-electron chi connectivity index (χ4n) is 2.76. The standard InChI is InChI=1S/C13H23N3O2/c14-9-11-8-13(18)16(10-11)7-4-12(17)15-5-2-1-3-6-15/h11H,1-10,14H2. The summed E-state index contributed by atoms with van der Waals surface area (Å²) < 4.78 is 0. The summed E-state index contributed by atoms with van der Waals surface area (Å²) in [6.45, 7) is 3.62. The lowest BCUT2D eigenvalue weighted by Gasteiger charge is -2.27. The van der Waals surface area contributed by atoms with Crippen molar-refractivity contribution < 1.29 is 9.59 Å². The third-order valence-electron chi connectivity index (χ3n) is 3.93. The second-order valence-electron chi connectivity index (χ2n) is 5.34. The largest absolute Gasteiger partial charge is 0.343 e. The molecule has 0 aromatic carbocycles. The van der Waals surface area contributed by atoms with Gasteiger partial charge in [-0.1, -0.05) is 0 Å². The second-order valence-corrected chi connectivity index (χ2v) is 5.34. The number of rotatable bonds is 4. The van der Waals surface area contributed by atoms with Gasteiger partial charge in [0.1, 0.15) is 0 Å². The summed E-state index contributed by atoms with van der Waals surface area (Å²) in [7, 11) is 0. The van der Waals surface area contributed by atoms with Crippen LogP contribution < -0.4 is 5.73 Å². The Morgan fingerprint density at radius 3 is 2.61 bits per heavy atom. The maximum absolute atomic E-state index is 12.0. The van der Waals surface area contributed by atoms with E-state index in [4.69, 9.17) is 5.73 Å². The van der Waals surface area contributed by atoms with Gasteiger partial charge in [0, 0.05) is 39.0 Å². The van der Waals surface area contributed by atoms with Crippen molar-refractivity contribution in [3.8, 4) is 0 Å². The smallest absolute Gasteiger partial charge is 0.224 e. The van der Waals surface area contributed by atoms with Crippen LogP contribution in [0.1, 0.15) is 32.1 Å². The van der Waals surface area contributed by atoms with Crippen LogP contribution in [-0.4, -0.2) is 54.3 Å². The minimum atomic E-state index is 0.150. The van der Waals surface area contributed by atoms with Crippen LogP contribution in [0.3, 0.4) is 0 Å². The molecule has 2 amide bonds. The average Bonchev–Trinajstić information content (AvgIpc) is 2.77. The van der Waals surface area contributed by atoms with Crippen molar-refractivity contribution in [2.45, 2.75) is 32.1 Å². The maximum atomic E-state index is 12.0. The van der Waals surface area contributed by atoms with Crippen molar-refractivity contribution in [1.82, 2.24) is 9.80 Å². The van der Waals surface area contributed by atoms with E-state index in [1.54, 1.807) is 4.90 Å². The molecule has 0 saturated carbocycles. The summed E-state index contributed by atoms with van der Waals surface area (Å²) >= 11 is 0. The van der Waals surface area contributed by atoms with Crippen molar-refractivity contribution in [2.75, 3.05) is 32.7 Å². The molecule has 2 fully saturated rings. The van der Waals surface area contributed by atoms with E-state index < -0.39 is 0 Å². The monoisotopic (exact) mass is 253 g/mol. The Balaban J connectivity index is 1.74. The van der Waals surface area contributed by atoms with Gasteiger partial charge in [0.2, 0.25) is 11.8 Å². The molecule has 2 aliphatic heterocycles. The lowest BCUT2D eigenvalue weighted by atomic mass is 10.1. The quantitative estimate of drug-likeness (QED) is 0.778. The van der Waals surface area contributed by atoms with Gasteiger partial charge in [-0.25, -0.2) is 0 Å². The summed E-state index contributed by atoms with van der Waals surface area (Å²) in [4.78, 5) is 27.4. The molecule has 2 heterocycles. The van der Waals surface area contributed by atoms with Gasteiger partial charge in [-0.05, 0) is 31.7 Å². The molecule has 2 aliphatic rings. The molecule has 0 aliphatic carbocycles.